The molecule has 1 amide bonds. The zero-order chi connectivity index (χ0) is 7.78. The summed E-state index contributed by atoms with van der Waals surface area (Å²) in [6.07, 6.45) is 0. The molecule has 0 aromatic heterocycles. The summed E-state index contributed by atoms with van der Waals surface area (Å²) in [5.41, 5.74) is -0.382. The molecule has 0 radical (unpaired) electrons. The number of piperazine rings is 1. The third kappa shape index (κ3) is 2.34. The molecular weight excluding hydrogens is 164 g/mol. The predicted octanol–water partition coefficient (Wildman–Crippen LogP) is 0.295. The van der Waals surface area contributed by atoms with E-state index in [-0.39, 0.29) is 29.9 Å². The highest BCUT2D eigenvalue weighted by molar-refractivity contribution is 5.86. The fraction of sp³-hybridized carbons (Fsp3) is 0.857. The van der Waals surface area contributed by atoms with E-state index < -0.39 is 0 Å². The molecule has 1 rings (SSSR count). The first-order valence-corrected chi connectivity index (χ1v) is 3.58. The summed E-state index contributed by atoms with van der Waals surface area (Å²) in [5, 5.41) is 6.01. The molecule has 1 aliphatic rings. The SMILES string of the molecule is CC1CNC(C)(C)C(=O)N1.Cl. The van der Waals surface area contributed by atoms with E-state index in [0.717, 1.165) is 6.54 Å². The van der Waals surface area contributed by atoms with Crippen molar-refractivity contribution < 1.29 is 4.79 Å². The second kappa shape index (κ2) is 3.41. The van der Waals surface area contributed by atoms with Crippen LogP contribution in [-0.4, -0.2) is 24.0 Å². The number of hydrogen-bond acceptors (Lipinski definition) is 2. The van der Waals surface area contributed by atoms with Gasteiger partial charge in [0.15, 0.2) is 0 Å². The number of carbonyl (C=O) groups excluding carboxylic acids is 1. The van der Waals surface area contributed by atoms with Gasteiger partial charge in [-0.05, 0) is 20.8 Å². The maximum absolute atomic E-state index is 11.2. The summed E-state index contributed by atoms with van der Waals surface area (Å²) in [5.74, 6) is 0.0891. The van der Waals surface area contributed by atoms with Crippen molar-refractivity contribution in [3.05, 3.63) is 0 Å². The number of hydrogen-bond donors (Lipinski definition) is 2. The van der Waals surface area contributed by atoms with E-state index in [1.54, 1.807) is 0 Å². The Bertz CT molecular complexity index is 159. The highest BCUT2D eigenvalue weighted by Gasteiger charge is 2.31. The number of carbonyl (C=O) groups is 1. The monoisotopic (exact) mass is 178 g/mol. The average Bonchev–Trinajstić information content (AvgIpc) is 1.81. The zero-order valence-corrected chi connectivity index (χ0v) is 7.92. The molecule has 1 saturated heterocycles. The lowest BCUT2D eigenvalue weighted by atomic mass is 10.0. The molecule has 3 nitrogen and oxygen atoms in total. The quantitative estimate of drug-likeness (QED) is 0.560. The van der Waals surface area contributed by atoms with Gasteiger partial charge in [0.1, 0.15) is 0 Å². The van der Waals surface area contributed by atoms with Gasteiger partial charge in [-0.2, -0.15) is 0 Å². The van der Waals surface area contributed by atoms with Crippen LogP contribution in [0.25, 0.3) is 0 Å². The Morgan fingerprint density at radius 1 is 1.55 bits per heavy atom. The van der Waals surface area contributed by atoms with Gasteiger partial charge in [-0.15, -0.1) is 12.4 Å². The molecular formula is C7H15ClN2O. The highest BCUT2D eigenvalue weighted by Crippen LogP contribution is 2.06. The topological polar surface area (TPSA) is 41.1 Å². The molecule has 11 heavy (non-hydrogen) atoms. The van der Waals surface area contributed by atoms with Crippen LogP contribution in [0.1, 0.15) is 20.8 Å². The zero-order valence-electron chi connectivity index (χ0n) is 7.10. The number of rotatable bonds is 0. The first-order chi connectivity index (χ1) is 4.52. The molecule has 4 heteroatoms. The molecule has 1 aliphatic heterocycles. The van der Waals surface area contributed by atoms with E-state index >= 15 is 0 Å². The lowest BCUT2D eigenvalue weighted by Crippen LogP contribution is -2.63. The largest absolute Gasteiger partial charge is 0.351 e. The fourth-order valence-corrected chi connectivity index (χ4v) is 0.944. The van der Waals surface area contributed by atoms with Crippen LogP contribution in [0.4, 0.5) is 0 Å². The van der Waals surface area contributed by atoms with Gasteiger partial charge < -0.3 is 10.6 Å². The normalized spacial score (nSPS) is 28.6. The van der Waals surface area contributed by atoms with Crippen molar-refractivity contribution in [1.29, 1.82) is 0 Å². The van der Waals surface area contributed by atoms with Gasteiger partial charge in [0, 0.05) is 12.6 Å². The third-order valence-electron chi connectivity index (χ3n) is 1.80. The molecule has 1 heterocycles. The van der Waals surface area contributed by atoms with Crippen LogP contribution in [0.3, 0.4) is 0 Å². The van der Waals surface area contributed by atoms with Crippen molar-refractivity contribution in [2.24, 2.45) is 0 Å². The Hall–Kier alpha value is -0.280. The number of amides is 1. The first-order valence-electron chi connectivity index (χ1n) is 3.58. The Morgan fingerprint density at radius 3 is 2.45 bits per heavy atom. The maximum atomic E-state index is 11.2. The number of halogens is 1. The second-order valence-electron chi connectivity index (χ2n) is 3.38. The van der Waals surface area contributed by atoms with E-state index in [4.69, 9.17) is 0 Å². The van der Waals surface area contributed by atoms with Gasteiger partial charge in [-0.3, -0.25) is 4.79 Å². The molecule has 0 aromatic rings. The van der Waals surface area contributed by atoms with Crippen LogP contribution in [0.2, 0.25) is 0 Å². The van der Waals surface area contributed by atoms with E-state index in [1.807, 2.05) is 20.8 Å². The Labute approximate surface area is 73.3 Å². The summed E-state index contributed by atoms with van der Waals surface area (Å²) in [6.45, 7) is 6.61. The van der Waals surface area contributed by atoms with Crippen LogP contribution < -0.4 is 10.6 Å². The molecule has 0 bridgehead atoms. The lowest BCUT2D eigenvalue weighted by Gasteiger charge is -2.33. The smallest absolute Gasteiger partial charge is 0.239 e. The van der Waals surface area contributed by atoms with E-state index in [9.17, 15) is 4.79 Å². The van der Waals surface area contributed by atoms with E-state index in [1.165, 1.54) is 0 Å². The molecule has 0 spiro atoms. The maximum Gasteiger partial charge on any atom is 0.239 e. The molecule has 1 fully saturated rings. The molecule has 0 aliphatic carbocycles. The molecule has 1 unspecified atom stereocenters. The first kappa shape index (κ1) is 10.7. The van der Waals surface area contributed by atoms with Crippen molar-refractivity contribution in [1.82, 2.24) is 10.6 Å². The van der Waals surface area contributed by atoms with Gasteiger partial charge in [-0.25, -0.2) is 0 Å². The van der Waals surface area contributed by atoms with Crippen molar-refractivity contribution in [2.45, 2.75) is 32.4 Å². The van der Waals surface area contributed by atoms with Crippen LogP contribution in [0, 0.1) is 0 Å². The van der Waals surface area contributed by atoms with E-state index in [0.29, 0.717) is 0 Å². The van der Waals surface area contributed by atoms with Gasteiger partial charge in [0.25, 0.3) is 0 Å². The van der Waals surface area contributed by atoms with Crippen molar-refractivity contribution in [3.63, 3.8) is 0 Å². The van der Waals surface area contributed by atoms with Gasteiger partial charge in [0.05, 0.1) is 5.54 Å². The summed E-state index contributed by atoms with van der Waals surface area (Å²) < 4.78 is 0. The summed E-state index contributed by atoms with van der Waals surface area (Å²) >= 11 is 0. The van der Waals surface area contributed by atoms with Crippen LogP contribution in [-0.2, 0) is 4.79 Å². The lowest BCUT2D eigenvalue weighted by molar-refractivity contribution is -0.128. The summed E-state index contributed by atoms with van der Waals surface area (Å²) in [4.78, 5) is 11.2. The average molecular weight is 179 g/mol. The van der Waals surface area contributed by atoms with Crippen molar-refractivity contribution >= 4 is 18.3 Å². The van der Waals surface area contributed by atoms with E-state index in [2.05, 4.69) is 10.6 Å². The molecule has 66 valence electrons. The minimum atomic E-state index is -0.382. The summed E-state index contributed by atoms with van der Waals surface area (Å²) in [6, 6.07) is 0.264. The standard InChI is InChI=1S/C7H14N2O.ClH/c1-5-4-8-7(2,3)6(10)9-5;/h5,8H,4H2,1-3H3,(H,9,10);1H. The summed E-state index contributed by atoms with van der Waals surface area (Å²) in [7, 11) is 0. The van der Waals surface area contributed by atoms with Gasteiger partial charge >= 0.3 is 0 Å². The predicted molar refractivity (Wildman–Crippen MR) is 46.9 cm³/mol. The molecule has 0 aromatic carbocycles. The molecule has 2 N–H and O–H groups in total. The van der Waals surface area contributed by atoms with Gasteiger partial charge in [0.2, 0.25) is 5.91 Å². The van der Waals surface area contributed by atoms with Crippen LogP contribution >= 0.6 is 12.4 Å². The molecule has 0 saturated carbocycles. The Kier molecular flexibility index (Phi) is 3.32. The van der Waals surface area contributed by atoms with Gasteiger partial charge in [-0.1, -0.05) is 0 Å². The van der Waals surface area contributed by atoms with Crippen LogP contribution in [0.5, 0.6) is 0 Å². The van der Waals surface area contributed by atoms with Crippen LogP contribution in [0.15, 0.2) is 0 Å². The van der Waals surface area contributed by atoms with Crippen molar-refractivity contribution in [2.75, 3.05) is 6.54 Å². The Morgan fingerprint density at radius 2 is 2.09 bits per heavy atom. The Balaban J connectivity index is 0.000001000. The van der Waals surface area contributed by atoms with Crippen molar-refractivity contribution in [3.8, 4) is 0 Å². The second-order valence-corrected chi connectivity index (χ2v) is 3.38. The minimum absolute atomic E-state index is 0. The minimum Gasteiger partial charge on any atom is -0.351 e. The highest BCUT2D eigenvalue weighted by atomic mass is 35.5. The number of nitrogens with one attached hydrogen (secondary N) is 2. The molecule has 1 atom stereocenters. The third-order valence-corrected chi connectivity index (χ3v) is 1.80. The fourth-order valence-electron chi connectivity index (χ4n) is 0.944.